The van der Waals surface area contributed by atoms with Crippen LogP contribution in [0.5, 0.6) is 5.75 Å². The number of para-hydroxylation sites is 2. The number of nitrogens with zero attached hydrogens (tertiary/aromatic N) is 1. The number of likely N-dealkylation sites (tertiary alicyclic amines) is 1. The Bertz CT molecular complexity index is 927. The zero-order valence-corrected chi connectivity index (χ0v) is 18.5. The van der Waals surface area contributed by atoms with Crippen molar-refractivity contribution in [2.24, 2.45) is 0 Å². The van der Waals surface area contributed by atoms with Crippen LogP contribution in [0.1, 0.15) is 25.3 Å². The smallest absolute Gasteiger partial charge is 0.321 e. The second-order valence-electron chi connectivity index (χ2n) is 7.84. The Kier molecular flexibility index (Phi) is 8.08. The van der Waals surface area contributed by atoms with Gasteiger partial charge in [-0.25, -0.2) is 4.79 Å². The minimum Gasteiger partial charge on any atom is -0.496 e. The van der Waals surface area contributed by atoms with E-state index in [0.29, 0.717) is 38.1 Å². The summed E-state index contributed by atoms with van der Waals surface area (Å²) in [4.78, 5) is 38.8. The van der Waals surface area contributed by atoms with Crippen molar-refractivity contribution >= 4 is 23.5 Å². The van der Waals surface area contributed by atoms with Crippen LogP contribution < -0.4 is 20.7 Å². The van der Waals surface area contributed by atoms with Gasteiger partial charge >= 0.3 is 6.03 Å². The van der Waals surface area contributed by atoms with Gasteiger partial charge < -0.3 is 25.6 Å². The number of carbonyl (C=O) groups excluding carboxylic acids is 3. The molecule has 0 aliphatic carbocycles. The number of hydrogen-bond acceptors (Lipinski definition) is 4. The van der Waals surface area contributed by atoms with Crippen molar-refractivity contribution in [2.75, 3.05) is 25.5 Å². The van der Waals surface area contributed by atoms with Gasteiger partial charge in [0.25, 0.3) is 0 Å². The van der Waals surface area contributed by atoms with Crippen LogP contribution in [0, 0.1) is 0 Å². The summed E-state index contributed by atoms with van der Waals surface area (Å²) in [5.41, 5.74) is 1.60. The van der Waals surface area contributed by atoms with Gasteiger partial charge in [-0.05, 0) is 36.6 Å². The number of carbonyl (C=O) groups is 3. The molecule has 2 aromatic rings. The van der Waals surface area contributed by atoms with Gasteiger partial charge in [0, 0.05) is 38.2 Å². The van der Waals surface area contributed by atoms with Crippen LogP contribution in [0.2, 0.25) is 0 Å². The van der Waals surface area contributed by atoms with Crippen LogP contribution in [-0.4, -0.2) is 55.0 Å². The van der Waals surface area contributed by atoms with Gasteiger partial charge in [-0.1, -0.05) is 36.4 Å². The molecular formula is C24H30N4O4. The standard InChI is InChI=1S/C24H30N4O4/c1-17(29)25-21(16-18-8-6-7-11-22(18)32-2)23(30)26-20-12-14-28(15-13-20)24(31)27-19-9-4-3-5-10-19/h3-11,20-21H,12-16H2,1-2H3,(H,25,29)(H,26,30)(H,27,31). The summed E-state index contributed by atoms with van der Waals surface area (Å²) in [6, 6.07) is 15.8. The largest absolute Gasteiger partial charge is 0.496 e. The second-order valence-corrected chi connectivity index (χ2v) is 7.84. The van der Waals surface area contributed by atoms with Gasteiger partial charge in [-0.2, -0.15) is 0 Å². The van der Waals surface area contributed by atoms with E-state index in [1.807, 2.05) is 54.6 Å². The molecule has 0 bridgehead atoms. The first kappa shape index (κ1) is 23.1. The average molecular weight is 439 g/mol. The van der Waals surface area contributed by atoms with E-state index in [4.69, 9.17) is 4.74 Å². The highest BCUT2D eigenvalue weighted by Crippen LogP contribution is 2.19. The van der Waals surface area contributed by atoms with E-state index in [9.17, 15) is 14.4 Å². The van der Waals surface area contributed by atoms with E-state index >= 15 is 0 Å². The molecule has 0 spiro atoms. The van der Waals surface area contributed by atoms with E-state index in [0.717, 1.165) is 11.3 Å². The number of methoxy groups -OCH3 is 1. The molecule has 1 saturated heterocycles. The van der Waals surface area contributed by atoms with Crippen molar-refractivity contribution in [3.8, 4) is 5.75 Å². The highest BCUT2D eigenvalue weighted by molar-refractivity contribution is 5.89. The molecule has 4 amide bonds. The number of nitrogens with one attached hydrogen (secondary N) is 3. The molecule has 1 aliphatic heterocycles. The first-order valence-electron chi connectivity index (χ1n) is 10.8. The van der Waals surface area contributed by atoms with Gasteiger partial charge in [0.15, 0.2) is 0 Å². The molecule has 1 heterocycles. The molecular weight excluding hydrogens is 408 g/mol. The fourth-order valence-corrected chi connectivity index (χ4v) is 3.80. The average Bonchev–Trinajstić information content (AvgIpc) is 2.79. The molecule has 2 aromatic carbocycles. The van der Waals surface area contributed by atoms with Crippen LogP contribution in [0.4, 0.5) is 10.5 Å². The van der Waals surface area contributed by atoms with Crippen LogP contribution in [0.15, 0.2) is 54.6 Å². The highest BCUT2D eigenvalue weighted by Gasteiger charge is 2.27. The minimum atomic E-state index is -0.705. The predicted octanol–water partition coefficient (Wildman–Crippen LogP) is 2.56. The molecule has 1 unspecified atom stereocenters. The minimum absolute atomic E-state index is 0.0581. The Labute approximate surface area is 188 Å². The Hall–Kier alpha value is -3.55. The SMILES string of the molecule is COc1ccccc1CC(NC(C)=O)C(=O)NC1CCN(C(=O)Nc2ccccc2)CC1. The lowest BCUT2D eigenvalue weighted by Crippen LogP contribution is -2.53. The lowest BCUT2D eigenvalue weighted by atomic mass is 10.0. The predicted molar refractivity (Wildman–Crippen MR) is 123 cm³/mol. The topological polar surface area (TPSA) is 99.8 Å². The summed E-state index contributed by atoms with van der Waals surface area (Å²) in [6.45, 7) is 2.48. The van der Waals surface area contributed by atoms with Crippen molar-refractivity contribution in [2.45, 2.75) is 38.3 Å². The van der Waals surface area contributed by atoms with Crippen LogP contribution in [0.3, 0.4) is 0 Å². The Morgan fingerprint density at radius 3 is 2.34 bits per heavy atom. The van der Waals surface area contributed by atoms with E-state index < -0.39 is 6.04 Å². The van der Waals surface area contributed by atoms with E-state index in [1.54, 1.807) is 12.0 Å². The molecule has 1 atom stereocenters. The van der Waals surface area contributed by atoms with Crippen LogP contribution >= 0.6 is 0 Å². The number of piperidine rings is 1. The van der Waals surface area contributed by atoms with Gasteiger partial charge in [0.2, 0.25) is 11.8 Å². The molecule has 170 valence electrons. The van der Waals surface area contributed by atoms with Gasteiger partial charge in [-0.3, -0.25) is 9.59 Å². The molecule has 0 aromatic heterocycles. The molecule has 1 fully saturated rings. The number of urea groups is 1. The summed E-state index contributed by atoms with van der Waals surface area (Å²) >= 11 is 0. The maximum absolute atomic E-state index is 12.9. The third-order valence-corrected chi connectivity index (χ3v) is 5.46. The molecule has 3 rings (SSSR count). The zero-order valence-electron chi connectivity index (χ0n) is 18.5. The van der Waals surface area contributed by atoms with Crippen molar-refractivity contribution in [1.82, 2.24) is 15.5 Å². The van der Waals surface area contributed by atoms with Crippen LogP contribution in [-0.2, 0) is 16.0 Å². The van der Waals surface area contributed by atoms with Crippen LogP contribution in [0.25, 0.3) is 0 Å². The number of rotatable bonds is 7. The number of benzene rings is 2. The molecule has 8 heteroatoms. The Morgan fingerprint density at radius 1 is 1.03 bits per heavy atom. The summed E-state index contributed by atoms with van der Waals surface area (Å²) < 4.78 is 5.37. The number of ether oxygens (including phenoxy) is 1. The Balaban J connectivity index is 1.54. The number of hydrogen-bond donors (Lipinski definition) is 3. The maximum atomic E-state index is 12.9. The monoisotopic (exact) mass is 438 g/mol. The lowest BCUT2D eigenvalue weighted by Gasteiger charge is -2.33. The van der Waals surface area contributed by atoms with Gasteiger partial charge in [0.1, 0.15) is 11.8 Å². The lowest BCUT2D eigenvalue weighted by molar-refractivity contribution is -0.128. The third kappa shape index (κ3) is 6.47. The molecule has 8 nitrogen and oxygen atoms in total. The Morgan fingerprint density at radius 2 is 1.69 bits per heavy atom. The molecule has 32 heavy (non-hydrogen) atoms. The van der Waals surface area contributed by atoms with Crippen molar-refractivity contribution in [1.29, 1.82) is 0 Å². The highest BCUT2D eigenvalue weighted by atomic mass is 16.5. The summed E-state index contributed by atoms with van der Waals surface area (Å²) in [7, 11) is 1.58. The first-order valence-corrected chi connectivity index (χ1v) is 10.8. The van der Waals surface area contributed by atoms with Gasteiger partial charge in [-0.15, -0.1) is 0 Å². The summed E-state index contributed by atoms with van der Waals surface area (Å²) in [5.74, 6) is 0.166. The summed E-state index contributed by atoms with van der Waals surface area (Å²) in [5, 5.41) is 8.67. The fraction of sp³-hybridized carbons (Fsp3) is 0.375. The van der Waals surface area contributed by atoms with Gasteiger partial charge in [0.05, 0.1) is 7.11 Å². The van der Waals surface area contributed by atoms with E-state index in [2.05, 4.69) is 16.0 Å². The first-order chi connectivity index (χ1) is 15.5. The van der Waals surface area contributed by atoms with E-state index in [-0.39, 0.29) is 23.9 Å². The molecule has 1 aliphatic rings. The van der Waals surface area contributed by atoms with Crippen molar-refractivity contribution in [3.63, 3.8) is 0 Å². The zero-order chi connectivity index (χ0) is 22.9. The molecule has 0 saturated carbocycles. The van der Waals surface area contributed by atoms with Crippen molar-refractivity contribution in [3.05, 3.63) is 60.2 Å². The quantitative estimate of drug-likeness (QED) is 0.619. The number of anilines is 1. The number of amides is 4. The second kappa shape index (κ2) is 11.2. The third-order valence-electron chi connectivity index (χ3n) is 5.46. The normalized spacial score (nSPS) is 14.9. The summed E-state index contributed by atoms with van der Waals surface area (Å²) in [6.07, 6.45) is 1.62. The fourth-order valence-electron chi connectivity index (χ4n) is 3.80. The van der Waals surface area contributed by atoms with E-state index in [1.165, 1.54) is 6.92 Å². The molecule has 3 N–H and O–H groups in total. The van der Waals surface area contributed by atoms with Crippen molar-refractivity contribution < 1.29 is 19.1 Å². The molecule has 0 radical (unpaired) electrons. The maximum Gasteiger partial charge on any atom is 0.321 e.